The molecule has 0 bridgehead atoms. The van der Waals surface area contributed by atoms with Crippen molar-refractivity contribution >= 4 is 21.6 Å². The highest BCUT2D eigenvalue weighted by Gasteiger charge is 2.26. The molecule has 5 rings (SSSR count). The topological polar surface area (TPSA) is 85.3 Å². The van der Waals surface area contributed by atoms with E-state index in [0.29, 0.717) is 10.9 Å². The van der Waals surface area contributed by atoms with Crippen molar-refractivity contribution in [3.05, 3.63) is 58.1 Å². The van der Waals surface area contributed by atoms with Gasteiger partial charge >= 0.3 is 6.03 Å². The molecular weight excluding hydrogens is 408 g/mol. The van der Waals surface area contributed by atoms with E-state index in [2.05, 4.69) is 28.1 Å². The average Bonchev–Trinajstić information content (AvgIpc) is 3.48. The van der Waals surface area contributed by atoms with Gasteiger partial charge in [0.15, 0.2) is 9.92 Å². The maximum Gasteiger partial charge on any atom is 0.331 e. The highest BCUT2D eigenvalue weighted by molar-refractivity contribution is 7.91. The smallest absolute Gasteiger partial charge is 0.307 e. The molecule has 0 aromatic heterocycles. The molecule has 31 heavy (non-hydrogen) atoms. The minimum Gasteiger partial charge on any atom is -0.307 e. The zero-order valence-corrected chi connectivity index (χ0v) is 18.8. The number of carbonyl (C=O) groups is 1. The average molecular weight is 439 g/mol. The minimum absolute atomic E-state index is 0.329. The lowest BCUT2D eigenvalue weighted by molar-refractivity contribution is 0.256. The van der Waals surface area contributed by atoms with E-state index < -0.39 is 15.9 Å². The Hall–Kier alpha value is -2.38. The molecule has 2 aromatic rings. The Balaban J connectivity index is 1.33. The predicted molar refractivity (Wildman–Crippen MR) is 123 cm³/mol. The monoisotopic (exact) mass is 438 g/mol. The fourth-order valence-electron chi connectivity index (χ4n) is 5.51. The Labute approximate surface area is 184 Å². The van der Waals surface area contributed by atoms with E-state index in [1.165, 1.54) is 34.2 Å². The number of nitrogens with zero attached hydrogens (tertiary/aromatic N) is 1. The first kappa shape index (κ1) is 20.5. The lowest BCUT2D eigenvalue weighted by atomic mass is 9.99. The van der Waals surface area contributed by atoms with Gasteiger partial charge in [-0.25, -0.2) is 18.5 Å². The lowest BCUT2D eigenvalue weighted by Gasteiger charge is -2.20. The van der Waals surface area contributed by atoms with E-state index in [9.17, 15) is 9.00 Å². The number of likely N-dealkylation sites (tertiary alicyclic amines) is 1. The molecule has 3 N–H and O–H groups in total. The summed E-state index contributed by atoms with van der Waals surface area (Å²) in [6.07, 6.45) is 8.52. The van der Waals surface area contributed by atoms with Crippen molar-refractivity contribution in [3.8, 4) is 0 Å². The summed E-state index contributed by atoms with van der Waals surface area (Å²) in [7, 11) is -1.32. The van der Waals surface area contributed by atoms with Crippen LogP contribution in [-0.2, 0) is 35.6 Å². The number of fused-ring (bicyclic) bond motifs is 2. The van der Waals surface area contributed by atoms with Crippen LogP contribution in [0, 0.1) is 4.78 Å². The van der Waals surface area contributed by atoms with Crippen molar-refractivity contribution < 1.29 is 9.00 Å². The van der Waals surface area contributed by atoms with Crippen LogP contribution in [0.1, 0.15) is 59.5 Å². The van der Waals surface area contributed by atoms with Crippen molar-refractivity contribution in [1.82, 2.24) is 9.62 Å². The van der Waals surface area contributed by atoms with Gasteiger partial charge in [-0.15, -0.1) is 0 Å². The Morgan fingerprint density at radius 1 is 1.03 bits per heavy atom. The standard InChI is InChI=1S/C24H30N4O2S/c1-28-14-4-9-22(28)16-10-12-19(13-11-16)31(25,30)27-24(29)26-23-20-7-2-5-17(20)15-18-6-3-8-21(18)23/h10-13,15,22H,2-9,14H2,1H3,(H3,25,26,27,29,30)/t22-,31?/m0/s1. The van der Waals surface area contributed by atoms with Crippen LogP contribution in [-0.4, -0.2) is 28.7 Å². The number of aryl methyl sites for hydroxylation is 2. The number of hydrogen-bond donors (Lipinski definition) is 3. The molecule has 0 spiro atoms. The molecule has 0 radical (unpaired) electrons. The van der Waals surface area contributed by atoms with E-state index in [1.807, 2.05) is 12.1 Å². The van der Waals surface area contributed by atoms with Gasteiger partial charge in [-0.3, -0.25) is 4.90 Å². The van der Waals surface area contributed by atoms with Gasteiger partial charge in [0, 0.05) is 11.7 Å². The Morgan fingerprint density at radius 2 is 1.68 bits per heavy atom. The number of carbonyl (C=O) groups excluding carboxylic acids is 1. The molecule has 1 unspecified atom stereocenters. The summed E-state index contributed by atoms with van der Waals surface area (Å²) in [4.78, 5) is 15.4. The largest absolute Gasteiger partial charge is 0.331 e. The second-order valence-electron chi connectivity index (χ2n) is 9.05. The van der Waals surface area contributed by atoms with Crippen LogP contribution in [0.5, 0.6) is 0 Å². The van der Waals surface area contributed by atoms with Crippen LogP contribution in [0.2, 0.25) is 0 Å². The first-order chi connectivity index (χ1) is 14.9. The first-order valence-electron chi connectivity index (χ1n) is 11.3. The molecule has 3 aliphatic rings. The molecule has 1 aliphatic heterocycles. The Bertz CT molecular complexity index is 1090. The molecule has 2 atom stereocenters. The maximum absolute atomic E-state index is 13.0. The van der Waals surface area contributed by atoms with E-state index in [4.69, 9.17) is 4.78 Å². The quantitative estimate of drug-likeness (QED) is 0.653. The van der Waals surface area contributed by atoms with Crippen LogP contribution in [0.4, 0.5) is 10.5 Å². The zero-order valence-electron chi connectivity index (χ0n) is 18.0. The molecule has 1 saturated heterocycles. The molecule has 1 fully saturated rings. The van der Waals surface area contributed by atoms with Gasteiger partial charge in [0.05, 0.1) is 4.90 Å². The minimum atomic E-state index is -3.44. The second kappa shape index (κ2) is 7.95. The molecule has 6 nitrogen and oxygen atoms in total. The number of rotatable bonds is 4. The summed E-state index contributed by atoms with van der Waals surface area (Å²) in [5.41, 5.74) is 7.16. The summed E-state index contributed by atoms with van der Waals surface area (Å²) in [6, 6.07) is 9.43. The van der Waals surface area contributed by atoms with E-state index in [0.717, 1.165) is 57.2 Å². The fraction of sp³-hybridized carbons (Fsp3) is 0.458. The van der Waals surface area contributed by atoms with Crippen LogP contribution in [0.25, 0.3) is 0 Å². The Morgan fingerprint density at radius 3 is 2.26 bits per heavy atom. The van der Waals surface area contributed by atoms with E-state index in [-0.39, 0.29) is 0 Å². The molecule has 1 heterocycles. The van der Waals surface area contributed by atoms with E-state index >= 15 is 0 Å². The summed E-state index contributed by atoms with van der Waals surface area (Å²) >= 11 is 0. The summed E-state index contributed by atoms with van der Waals surface area (Å²) in [6.45, 7) is 1.08. The molecular formula is C24H30N4O2S. The van der Waals surface area contributed by atoms with Crippen LogP contribution in [0.3, 0.4) is 0 Å². The third-order valence-corrected chi connectivity index (χ3v) is 8.47. The molecule has 0 saturated carbocycles. The number of hydrogen-bond acceptors (Lipinski definition) is 4. The second-order valence-corrected chi connectivity index (χ2v) is 10.8. The normalized spacial score (nSPS) is 22.0. The number of amides is 2. The number of benzene rings is 2. The predicted octanol–water partition coefficient (Wildman–Crippen LogP) is 4.57. The zero-order chi connectivity index (χ0) is 21.6. The van der Waals surface area contributed by atoms with Gasteiger partial charge in [0.1, 0.15) is 0 Å². The molecule has 2 aliphatic carbocycles. The molecule has 2 aromatic carbocycles. The van der Waals surface area contributed by atoms with Gasteiger partial charge < -0.3 is 5.32 Å². The van der Waals surface area contributed by atoms with Crippen molar-refractivity contribution in [1.29, 1.82) is 4.78 Å². The van der Waals surface area contributed by atoms with Crippen LogP contribution in [0.15, 0.2) is 35.2 Å². The SMILES string of the molecule is CN1CCC[C@H]1c1ccc(S(=N)(=O)NC(=O)Nc2c3c(cc4c2CCC4)CCC3)cc1. The molecule has 7 heteroatoms. The number of anilines is 1. The first-order valence-corrected chi connectivity index (χ1v) is 12.8. The third kappa shape index (κ3) is 3.85. The highest BCUT2D eigenvalue weighted by Crippen LogP contribution is 2.38. The summed E-state index contributed by atoms with van der Waals surface area (Å²) in [5, 5.41) is 2.97. The van der Waals surface area contributed by atoms with Gasteiger partial charge in [-0.2, -0.15) is 0 Å². The van der Waals surface area contributed by atoms with Crippen molar-refractivity contribution in [2.75, 3.05) is 18.9 Å². The van der Waals surface area contributed by atoms with Gasteiger partial charge in [0.2, 0.25) is 0 Å². The summed E-state index contributed by atoms with van der Waals surface area (Å²) < 4.78 is 23.8. The third-order valence-electron chi connectivity index (χ3n) is 7.07. The van der Waals surface area contributed by atoms with Crippen molar-refractivity contribution in [3.63, 3.8) is 0 Å². The van der Waals surface area contributed by atoms with Crippen LogP contribution >= 0.6 is 0 Å². The molecule has 164 valence electrons. The van der Waals surface area contributed by atoms with Gasteiger partial charge in [-0.05, 0) is 105 Å². The van der Waals surface area contributed by atoms with Gasteiger partial charge in [-0.1, -0.05) is 18.2 Å². The number of nitrogens with one attached hydrogen (secondary N) is 3. The molecule has 2 amide bonds. The summed E-state index contributed by atoms with van der Waals surface area (Å²) in [5.74, 6) is 0. The van der Waals surface area contributed by atoms with Crippen LogP contribution < -0.4 is 10.0 Å². The van der Waals surface area contributed by atoms with Gasteiger partial charge in [0.25, 0.3) is 0 Å². The lowest BCUT2D eigenvalue weighted by Crippen LogP contribution is -2.34. The van der Waals surface area contributed by atoms with Crippen molar-refractivity contribution in [2.24, 2.45) is 0 Å². The highest BCUT2D eigenvalue weighted by atomic mass is 32.2. The fourth-order valence-corrected chi connectivity index (χ4v) is 6.46. The number of urea groups is 1. The van der Waals surface area contributed by atoms with E-state index in [1.54, 1.807) is 12.1 Å². The Kier molecular flexibility index (Phi) is 5.26. The van der Waals surface area contributed by atoms with Crippen molar-refractivity contribution in [2.45, 2.75) is 62.3 Å². The maximum atomic E-state index is 13.0.